The summed E-state index contributed by atoms with van der Waals surface area (Å²) in [6.07, 6.45) is 12.1. The van der Waals surface area contributed by atoms with Crippen molar-refractivity contribution in [2.45, 2.75) is 77.1 Å². The van der Waals surface area contributed by atoms with Crippen LogP contribution in [0.2, 0.25) is 0 Å². The number of esters is 3. The minimum atomic E-state index is -2.27. The van der Waals surface area contributed by atoms with Crippen molar-refractivity contribution >= 4 is 17.9 Å². The third-order valence-electron chi connectivity index (χ3n) is 11.7. The Bertz CT molecular complexity index is 1490. The molecule has 5 atom stereocenters. The second-order valence-electron chi connectivity index (χ2n) is 13.9. The average Bonchev–Trinajstić information content (AvgIpc) is 3.56. The molecular weight excluding hydrogens is 576 g/mol. The molecule has 3 fully saturated rings. The lowest BCUT2D eigenvalue weighted by Crippen LogP contribution is -2.63. The fraction of sp³-hybridized carbons (Fsp3) is 0.425. The highest BCUT2D eigenvalue weighted by molar-refractivity contribution is 5.93. The molecule has 4 aliphatic rings. The van der Waals surface area contributed by atoms with E-state index in [4.69, 9.17) is 14.2 Å². The van der Waals surface area contributed by atoms with Gasteiger partial charge in [-0.2, -0.15) is 0 Å². The highest BCUT2D eigenvalue weighted by atomic mass is 16.9. The number of hydrogen-bond acceptors (Lipinski definition) is 6. The number of fused-ring (bicyclic) bond motifs is 5. The Labute approximate surface area is 271 Å². The number of hydrogen-bond donors (Lipinski definition) is 0. The second kappa shape index (κ2) is 12.2. The van der Waals surface area contributed by atoms with E-state index in [1.807, 2.05) is 18.2 Å². The van der Waals surface area contributed by atoms with Crippen LogP contribution in [-0.2, 0) is 14.2 Å². The van der Waals surface area contributed by atoms with Gasteiger partial charge in [-0.3, -0.25) is 0 Å². The van der Waals surface area contributed by atoms with Crippen molar-refractivity contribution in [2.75, 3.05) is 0 Å². The molecule has 0 heterocycles. The van der Waals surface area contributed by atoms with Crippen LogP contribution in [0.15, 0.2) is 103 Å². The topological polar surface area (TPSA) is 78.9 Å². The molecule has 3 saturated carbocycles. The summed E-state index contributed by atoms with van der Waals surface area (Å²) in [5.74, 6) is -3.58. The summed E-state index contributed by atoms with van der Waals surface area (Å²) >= 11 is 0. The van der Waals surface area contributed by atoms with Gasteiger partial charge in [0.1, 0.15) is 0 Å². The quantitative estimate of drug-likeness (QED) is 0.149. The van der Waals surface area contributed by atoms with Gasteiger partial charge in [-0.05, 0) is 111 Å². The third kappa shape index (κ3) is 5.16. The molecule has 0 amide bonds. The maximum Gasteiger partial charge on any atom is 0.430 e. The molecule has 7 rings (SSSR count). The van der Waals surface area contributed by atoms with E-state index in [1.54, 1.807) is 78.4 Å². The van der Waals surface area contributed by atoms with Gasteiger partial charge in [0.05, 0.1) is 22.1 Å². The molecule has 0 saturated heterocycles. The first-order valence-electron chi connectivity index (χ1n) is 16.9. The van der Waals surface area contributed by atoms with Crippen LogP contribution in [0.3, 0.4) is 0 Å². The van der Waals surface area contributed by atoms with Crippen LogP contribution in [0.4, 0.5) is 0 Å². The van der Waals surface area contributed by atoms with E-state index in [1.165, 1.54) is 19.3 Å². The number of ether oxygens (including phenoxy) is 3. The molecule has 3 aromatic rings. The molecule has 0 N–H and O–H groups in total. The zero-order valence-corrected chi connectivity index (χ0v) is 26.5. The van der Waals surface area contributed by atoms with Crippen LogP contribution >= 0.6 is 0 Å². The first-order valence-corrected chi connectivity index (χ1v) is 16.9. The summed E-state index contributed by atoms with van der Waals surface area (Å²) < 4.78 is 19.3. The van der Waals surface area contributed by atoms with E-state index in [2.05, 4.69) is 13.0 Å². The van der Waals surface area contributed by atoms with Crippen LogP contribution in [0.5, 0.6) is 0 Å². The minimum absolute atomic E-state index is 0.0264. The maximum atomic E-state index is 14.0. The Morgan fingerprint density at radius 1 is 0.630 bits per heavy atom. The molecule has 6 heteroatoms. The zero-order chi connectivity index (χ0) is 31.8. The molecule has 0 spiro atoms. The molecule has 46 heavy (non-hydrogen) atoms. The van der Waals surface area contributed by atoms with E-state index in [0.29, 0.717) is 24.7 Å². The van der Waals surface area contributed by atoms with Crippen LogP contribution in [-0.4, -0.2) is 23.9 Å². The van der Waals surface area contributed by atoms with Gasteiger partial charge in [-0.25, -0.2) is 14.4 Å². The number of allylic oxidation sites excluding steroid dienone is 2. The van der Waals surface area contributed by atoms with Crippen molar-refractivity contribution < 1.29 is 28.6 Å². The van der Waals surface area contributed by atoms with E-state index >= 15 is 0 Å². The van der Waals surface area contributed by atoms with E-state index in [9.17, 15) is 14.4 Å². The molecule has 0 bridgehead atoms. The fourth-order valence-corrected chi connectivity index (χ4v) is 9.52. The summed E-state index contributed by atoms with van der Waals surface area (Å²) in [5.41, 5.74) is 1.69. The number of carbonyl (C=O) groups is 3. The summed E-state index contributed by atoms with van der Waals surface area (Å²) in [7, 11) is 0. The van der Waals surface area contributed by atoms with Crippen molar-refractivity contribution in [1.82, 2.24) is 0 Å². The predicted molar refractivity (Wildman–Crippen MR) is 174 cm³/mol. The predicted octanol–water partition coefficient (Wildman–Crippen LogP) is 8.93. The highest BCUT2D eigenvalue weighted by Crippen LogP contribution is 2.68. The molecule has 4 aliphatic carbocycles. The smallest absolute Gasteiger partial charge is 0.384 e. The maximum absolute atomic E-state index is 14.0. The fourth-order valence-electron chi connectivity index (χ4n) is 9.52. The van der Waals surface area contributed by atoms with Gasteiger partial charge >= 0.3 is 23.9 Å². The number of carbonyl (C=O) groups excluding carboxylic acids is 3. The molecule has 3 aromatic carbocycles. The van der Waals surface area contributed by atoms with Gasteiger partial charge < -0.3 is 14.2 Å². The monoisotopic (exact) mass is 618 g/mol. The average molecular weight is 619 g/mol. The van der Waals surface area contributed by atoms with Gasteiger partial charge in [0.25, 0.3) is 0 Å². The zero-order valence-electron chi connectivity index (χ0n) is 26.5. The van der Waals surface area contributed by atoms with Crippen molar-refractivity contribution in [1.29, 1.82) is 0 Å². The molecule has 0 aliphatic heterocycles. The number of rotatable bonds is 7. The summed E-state index contributed by atoms with van der Waals surface area (Å²) in [5, 5.41) is 0. The lowest BCUT2D eigenvalue weighted by atomic mass is 9.47. The van der Waals surface area contributed by atoms with Crippen molar-refractivity contribution in [3.05, 3.63) is 119 Å². The Kier molecular flexibility index (Phi) is 8.08. The van der Waals surface area contributed by atoms with Crippen molar-refractivity contribution in [2.24, 2.45) is 28.6 Å². The summed E-state index contributed by atoms with van der Waals surface area (Å²) in [6.45, 7) is 2.45. The molecule has 0 unspecified atom stereocenters. The van der Waals surface area contributed by atoms with Crippen LogP contribution < -0.4 is 0 Å². The van der Waals surface area contributed by atoms with Gasteiger partial charge in [0.2, 0.25) is 0 Å². The normalized spacial score (nSPS) is 28.5. The Morgan fingerprint density at radius 3 is 1.67 bits per heavy atom. The first-order chi connectivity index (χ1) is 22.4. The van der Waals surface area contributed by atoms with Gasteiger partial charge in [0.15, 0.2) is 0 Å². The Balaban J connectivity index is 1.36. The Morgan fingerprint density at radius 2 is 1.15 bits per heavy atom. The molecular formula is C40H42O6. The third-order valence-corrected chi connectivity index (χ3v) is 11.7. The summed E-state index contributed by atoms with van der Waals surface area (Å²) in [6, 6.07) is 25.9. The lowest BCUT2D eigenvalue weighted by Gasteiger charge is -2.59. The Hall–Kier alpha value is -4.19. The van der Waals surface area contributed by atoms with Gasteiger partial charge in [-0.1, -0.05) is 86.0 Å². The molecule has 6 nitrogen and oxygen atoms in total. The largest absolute Gasteiger partial charge is 0.430 e. The second-order valence-corrected chi connectivity index (χ2v) is 13.9. The van der Waals surface area contributed by atoms with E-state index in [-0.39, 0.29) is 28.0 Å². The molecule has 0 radical (unpaired) electrons. The SMILES string of the molecule is C[C@]12CCCCC1=CC[C@H]1[C@@H]3CCC[C@@]3(C(OC(=O)c3ccccc3)(OC(=O)c3ccccc3)OC(=O)c3ccccc3)CC[C@@H]12. The van der Waals surface area contributed by atoms with Crippen LogP contribution in [0, 0.1) is 28.6 Å². The van der Waals surface area contributed by atoms with E-state index < -0.39 is 29.3 Å². The highest BCUT2D eigenvalue weighted by Gasteiger charge is 2.71. The van der Waals surface area contributed by atoms with Gasteiger partial charge in [0, 0.05) is 0 Å². The lowest BCUT2D eigenvalue weighted by molar-refractivity contribution is -0.378. The number of benzene rings is 3. The molecule has 238 valence electrons. The first kappa shape index (κ1) is 30.5. The van der Waals surface area contributed by atoms with Crippen LogP contribution in [0.25, 0.3) is 0 Å². The standard InChI is InChI=1S/C40H42O6/c1-38-25-12-11-20-31(38)22-23-32-33(38)24-27-39(26-13-21-34(32)39)40(44-35(41)28-14-5-2-6-15-28,45-36(42)29-16-7-3-8-17-29)46-37(43)30-18-9-4-10-19-30/h2-10,14-19,22,32-34H,11-13,20-21,23-27H2,1H3/t32-,33+,34+,38+,39-/m1/s1. The van der Waals surface area contributed by atoms with Gasteiger partial charge in [-0.15, -0.1) is 0 Å². The van der Waals surface area contributed by atoms with Crippen molar-refractivity contribution in [3.8, 4) is 0 Å². The van der Waals surface area contributed by atoms with E-state index in [0.717, 1.165) is 32.1 Å². The summed E-state index contributed by atoms with van der Waals surface area (Å²) in [4.78, 5) is 42.1. The van der Waals surface area contributed by atoms with Crippen LogP contribution in [0.1, 0.15) is 102 Å². The van der Waals surface area contributed by atoms with Crippen molar-refractivity contribution in [3.63, 3.8) is 0 Å². The molecule has 0 aromatic heterocycles. The minimum Gasteiger partial charge on any atom is -0.384 e.